The monoisotopic (exact) mass is 205 g/mol. The van der Waals surface area contributed by atoms with Crippen LogP contribution in [0.15, 0.2) is 12.5 Å². The predicted molar refractivity (Wildman–Crippen MR) is 55.4 cm³/mol. The SMILES string of the molecule is Cn1cncc1C(=O)NC1(C2CC2)CC1. The minimum Gasteiger partial charge on any atom is -0.345 e. The summed E-state index contributed by atoms with van der Waals surface area (Å²) < 4.78 is 1.76. The van der Waals surface area contributed by atoms with Crippen molar-refractivity contribution in [2.24, 2.45) is 13.0 Å². The fourth-order valence-electron chi connectivity index (χ4n) is 2.27. The highest BCUT2D eigenvalue weighted by atomic mass is 16.2. The molecule has 80 valence electrons. The maximum Gasteiger partial charge on any atom is 0.269 e. The predicted octanol–water partition coefficient (Wildman–Crippen LogP) is 1.09. The molecule has 2 saturated carbocycles. The van der Waals surface area contributed by atoms with Crippen molar-refractivity contribution in [3.63, 3.8) is 0 Å². The standard InChI is InChI=1S/C11H15N3O/c1-14-7-12-6-9(14)10(15)13-11(4-5-11)8-2-3-8/h6-8H,2-5H2,1H3,(H,13,15). The van der Waals surface area contributed by atoms with Crippen LogP contribution in [0.2, 0.25) is 0 Å². The molecule has 1 N–H and O–H groups in total. The molecular formula is C11H15N3O. The molecule has 1 heterocycles. The van der Waals surface area contributed by atoms with Gasteiger partial charge in [-0.2, -0.15) is 0 Å². The van der Waals surface area contributed by atoms with Crippen LogP contribution in [0.25, 0.3) is 0 Å². The molecule has 4 nitrogen and oxygen atoms in total. The van der Waals surface area contributed by atoms with Gasteiger partial charge in [0.25, 0.3) is 5.91 Å². The summed E-state index contributed by atoms with van der Waals surface area (Å²) in [7, 11) is 1.85. The molecule has 3 rings (SSSR count). The number of carbonyl (C=O) groups is 1. The van der Waals surface area contributed by atoms with Crippen molar-refractivity contribution >= 4 is 5.91 Å². The molecular weight excluding hydrogens is 190 g/mol. The van der Waals surface area contributed by atoms with Crippen LogP contribution in [0.1, 0.15) is 36.2 Å². The van der Waals surface area contributed by atoms with E-state index in [1.165, 1.54) is 12.8 Å². The Kier molecular flexibility index (Phi) is 1.69. The normalized spacial score (nSPS) is 22.5. The average molecular weight is 205 g/mol. The third-order valence-corrected chi connectivity index (χ3v) is 3.56. The van der Waals surface area contributed by atoms with Crippen molar-refractivity contribution in [2.45, 2.75) is 31.2 Å². The number of amides is 1. The van der Waals surface area contributed by atoms with E-state index in [0.29, 0.717) is 5.69 Å². The molecule has 2 aliphatic rings. The summed E-state index contributed by atoms with van der Waals surface area (Å²) >= 11 is 0. The molecule has 0 radical (unpaired) electrons. The zero-order valence-electron chi connectivity index (χ0n) is 8.86. The number of hydrogen-bond donors (Lipinski definition) is 1. The van der Waals surface area contributed by atoms with E-state index in [9.17, 15) is 4.79 Å². The summed E-state index contributed by atoms with van der Waals surface area (Å²) in [5.41, 5.74) is 0.809. The number of imidazole rings is 1. The lowest BCUT2D eigenvalue weighted by Crippen LogP contribution is -2.39. The molecule has 0 saturated heterocycles. The second-order valence-corrected chi connectivity index (χ2v) is 4.77. The molecule has 0 aliphatic heterocycles. The van der Waals surface area contributed by atoms with Gasteiger partial charge >= 0.3 is 0 Å². The Morgan fingerprint density at radius 2 is 2.33 bits per heavy atom. The van der Waals surface area contributed by atoms with E-state index in [1.54, 1.807) is 17.1 Å². The Hall–Kier alpha value is -1.32. The number of carbonyl (C=O) groups excluding carboxylic acids is 1. The Balaban J connectivity index is 1.73. The molecule has 1 aromatic rings. The third-order valence-electron chi connectivity index (χ3n) is 3.56. The first kappa shape index (κ1) is 8.95. The van der Waals surface area contributed by atoms with Gasteiger partial charge in [-0.15, -0.1) is 0 Å². The van der Waals surface area contributed by atoms with Crippen LogP contribution in [0, 0.1) is 5.92 Å². The topological polar surface area (TPSA) is 46.9 Å². The molecule has 2 fully saturated rings. The Labute approximate surface area is 88.7 Å². The van der Waals surface area contributed by atoms with Gasteiger partial charge in [-0.05, 0) is 31.6 Å². The van der Waals surface area contributed by atoms with E-state index >= 15 is 0 Å². The largest absolute Gasteiger partial charge is 0.345 e. The van der Waals surface area contributed by atoms with E-state index in [0.717, 1.165) is 18.8 Å². The summed E-state index contributed by atoms with van der Waals surface area (Å²) in [4.78, 5) is 15.9. The molecule has 0 atom stereocenters. The van der Waals surface area contributed by atoms with Gasteiger partial charge in [0.15, 0.2) is 0 Å². The molecule has 0 aromatic carbocycles. The Bertz CT molecular complexity index is 402. The zero-order valence-corrected chi connectivity index (χ0v) is 8.86. The molecule has 1 amide bonds. The maximum atomic E-state index is 11.9. The number of rotatable bonds is 3. The maximum absolute atomic E-state index is 11.9. The molecule has 0 bridgehead atoms. The van der Waals surface area contributed by atoms with Crippen molar-refractivity contribution < 1.29 is 4.79 Å². The lowest BCUT2D eigenvalue weighted by Gasteiger charge is -2.16. The number of aryl methyl sites for hydroxylation is 1. The summed E-state index contributed by atoms with van der Waals surface area (Å²) in [6, 6.07) is 0. The van der Waals surface area contributed by atoms with Gasteiger partial charge < -0.3 is 9.88 Å². The molecule has 15 heavy (non-hydrogen) atoms. The van der Waals surface area contributed by atoms with Crippen LogP contribution in [0.3, 0.4) is 0 Å². The highest BCUT2D eigenvalue weighted by molar-refractivity contribution is 5.93. The van der Waals surface area contributed by atoms with Gasteiger partial charge in [-0.3, -0.25) is 4.79 Å². The lowest BCUT2D eigenvalue weighted by molar-refractivity contribution is 0.0917. The van der Waals surface area contributed by atoms with Gasteiger partial charge in [-0.1, -0.05) is 0 Å². The first-order valence-electron chi connectivity index (χ1n) is 5.50. The summed E-state index contributed by atoms with van der Waals surface area (Å²) in [5, 5.41) is 3.17. The third kappa shape index (κ3) is 1.44. The second kappa shape index (κ2) is 2.84. The van der Waals surface area contributed by atoms with Crippen molar-refractivity contribution in [3.05, 3.63) is 18.2 Å². The van der Waals surface area contributed by atoms with Gasteiger partial charge in [0.2, 0.25) is 0 Å². The van der Waals surface area contributed by atoms with Crippen LogP contribution in [0.4, 0.5) is 0 Å². The van der Waals surface area contributed by atoms with E-state index in [4.69, 9.17) is 0 Å². The first-order valence-corrected chi connectivity index (χ1v) is 5.50. The molecule has 0 spiro atoms. The first-order chi connectivity index (χ1) is 7.21. The average Bonchev–Trinajstić information content (AvgIpc) is 3.06. The van der Waals surface area contributed by atoms with Crippen LogP contribution >= 0.6 is 0 Å². The highest BCUT2D eigenvalue weighted by Gasteiger charge is 2.54. The van der Waals surface area contributed by atoms with Gasteiger partial charge in [0.1, 0.15) is 5.69 Å². The summed E-state index contributed by atoms with van der Waals surface area (Å²) in [6.07, 6.45) is 8.16. The van der Waals surface area contributed by atoms with Crippen LogP contribution in [0.5, 0.6) is 0 Å². The Morgan fingerprint density at radius 1 is 1.60 bits per heavy atom. The molecule has 2 aliphatic carbocycles. The Morgan fingerprint density at radius 3 is 2.80 bits per heavy atom. The van der Waals surface area contributed by atoms with Crippen molar-refractivity contribution in [1.29, 1.82) is 0 Å². The minimum atomic E-state index is 0.0272. The van der Waals surface area contributed by atoms with Gasteiger partial charge in [0.05, 0.1) is 12.5 Å². The molecule has 4 heteroatoms. The van der Waals surface area contributed by atoms with Crippen LogP contribution < -0.4 is 5.32 Å². The highest BCUT2D eigenvalue weighted by Crippen LogP contribution is 2.53. The fourth-order valence-corrected chi connectivity index (χ4v) is 2.27. The minimum absolute atomic E-state index is 0.0272. The van der Waals surface area contributed by atoms with E-state index in [1.807, 2.05) is 7.05 Å². The second-order valence-electron chi connectivity index (χ2n) is 4.77. The number of nitrogens with one attached hydrogen (secondary N) is 1. The number of aromatic nitrogens is 2. The lowest BCUT2D eigenvalue weighted by atomic mass is 10.1. The van der Waals surface area contributed by atoms with Crippen molar-refractivity contribution in [3.8, 4) is 0 Å². The summed E-state index contributed by atoms with van der Waals surface area (Å²) in [6.45, 7) is 0. The van der Waals surface area contributed by atoms with Gasteiger partial charge in [-0.25, -0.2) is 4.98 Å². The zero-order chi connectivity index (χ0) is 10.5. The van der Waals surface area contributed by atoms with Crippen molar-refractivity contribution in [1.82, 2.24) is 14.9 Å². The van der Waals surface area contributed by atoms with Gasteiger partial charge in [0, 0.05) is 12.6 Å². The number of nitrogens with zero attached hydrogens (tertiary/aromatic N) is 2. The van der Waals surface area contributed by atoms with Crippen molar-refractivity contribution in [2.75, 3.05) is 0 Å². The van der Waals surface area contributed by atoms with Crippen LogP contribution in [-0.4, -0.2) is 21.0 Å². The van der Waals surface area contributed by atoms with E-state index < -0.39 is 0 Å². The quantitative estimate of drug-likeness (QED) is 0.803. The number of hydrogen-bond acceptors (Lipinski definition) is 2. The van der Waals surface area contributed by atoms with Crippen LogP contribution in [-0.2, 0) is 7.05 Å². The molecule has 0 unspecified atom stereocenters. The van der Waals surface area contributed by atoms with E-state index in [-0.39, 0.29) is 11.4 Å². The smallest absolute Gasteiger partial charge is 0.269 e. The van der Waals surface area contributed by atoms with E-state index in [2.05, 4.69) is 10.3 Å². The fraction of sp³-hybridized carbons (Fsp3) is 0.636. The molecule has 1 aromatic heterocycles. The summed E-state index contributed by atoms with van der Waals surface area (Å²) in [5.74, 6) is 0.772.